The van der Waals surface area contributed by atoms with Gasteiger partial charge in [0.25, 0.3) is 11.8 Å². The molecule has 3 heterocycles. The smallest absolute Gasteiger partial charge is 0.410 e. The van der Waals surface area contributed by atoms with Gasteiger partial charge in [0.1, 0.15) is 5.60 Å². The first-order chi connectivity index (χ1) is 18.4. The summed E-state index contributed by atoms with van der Waals surface area (Å²) in [5, 5.41) is 11.1. The number of carbonyl (C=O) groups excluding carboxylic acids is 4. The van der Waals surface area contributed by atoms with Gasteiger partial charge in [-0.05, 0) is 70.7 Å². The molecule has 9 heteroatoms. The zero-order valence-electron chi connectivity index (χ0n) is 22.8. The van der Waals surface area contributed by atoms with E-state index in [-0.39, 0.29) is 31.0 Å². The van der Waals surface area contributed by atoms with Crippen LogP contribution in [-0.2, 0) is 14.9 Å². The number of aliphatic hydroxyl groups excluding tert-OH is 1. The Kier molecular flexibility index (Phi) is 6.74. The molecule has 39 heavy (non-hydrogen) atoms. The highest BCUT2D eigenvalue weighted by Gasteiger charge is 2.51. The van der Waals surface area contributed by atoms with Crippen LogP contribution in [0.5, 0.6) is 0 Å². The number of imide groups is 1. The molecule has 0 saturated carbocycles. The Bertz CT molecular complexity index is 1290. The molecule has 0 bridgehead atoms. The topological polar surface area (TPSA) is 107 Å². The van der Waals surface area contributed by atoms with E-state index in [0.717, 1.165) is 16.2 Å². The van der Waals surface area contributed by atoms with E-state index >= 15 is 0 Å². The fraction of sp³-hybridized carbons (Fsp3) is 0.467. The molecule has 2 atom stereocenters. The van der Waals surface area contributed by atoms with Crippen LogP contribution in [0, 0.1) is 0 Å². The van der Waals surface area contributed by atoms with Crippen molar-refractivity contribution in [3.8, 4) is 0 Å². The Balaban J connectivity index is 1.30. The molecule has 206 valence electrons. The van der Waals surface area contributed by atoms with Gasteiger partial charge in [-0.1, -0.05) is 30.3 Å². The van der Waals surface area contributed by atoms with Crippen molar-refractivity contribution in [3.63, 3.8) is 0 Å². The molecule has 2 aromatic carbocycles. The van der Waals surface area contributed by atoms with Crippen LogP contribution in [0.3, 0.4) is 0 Å². The number of aliphatic hydroxyl groups is 1. The van der Waals surface area contributed by atoms with Crippen LogP contribution in [-0.4, -0.2) is 76.1 Å². The predicted molar refractivity (Wildman–Crippen MR) is 145 cm³/mol. The number of benzene rings is 2. The van der Waals surface area contributed by atoms with Crippen molar-refractivity contribution in [1.82, 2.24) is 9.80 Å². The first-order valence-corrected chi connectivity index (χ1v) is 13.4. The maximum atomic E-state index is 14.0. The number of amides is 4. The second kappa shape index (κ2) is 9.79. The molecule has 5 rings (SSSR count). The van der Waals surface area contributed by atoms with E-state index in [9.17, 15) is 24.3 Å². The molecule has 3 aliphatic heterocycles. The van der Waals surface area contributed by atoms with Crippen LogP contribution >= 0.6 is 0 Å². The van der Waals surface area contributed by atoms with Crippen LogP contribution in [0.2, 0.25) is 0 Å². The third-order valence-corrected chi connectivity index (χ3v) is 7.85. The van der Waals surface area contributed by atoms with E-state index in [1.807, 2.05) is 56.9 Å². The van der Waals surface area contributed by atoms with Crippen molar-refractivity contribution in [1.29, 1.82) is 0 Å². The highest BCUT2D eigenvalue weighted by molar-refractivity contribution is 6.21. The third kappa shape index (κ3) is 4.80. The average molecular weight is 534 g/mol. The van der Waals surface area contributed by atoms with Crippen molar-refractivity contribution in [3.05, 3.63) is 65.2 Å². The third-order valence-electron chi connectivity index (χ3n) is 7.85. The first-order valence-electron chi connectivity index (χ1n) is 13.4. The van der Waals surface area contributed by atoms with Gasteiger partial charge in [-0.3, -0.25) is 19.3 Å². The Morgan fingerprint density at radius 1 is 1.00 bits per heavy atom. The molecule has 3 aliphatic rings. The fourth-order valence-corrected chi connectivity index (χ4v) is 5.99. The Labute approximate surface area is 228 Å². The molecule has 4 amide bonds. The maximum Gasteiger partial charge on any atom is 0.410 e. The summed E-state index contributed by atoms with van der Waals surface area (Å²) in [5.41, 5.74) is 0.656. The molecule has 0 radical (unpaired) electrons. The lowest BCUT2D eigenvalue weighted by Crippen LogP contribution is -2.51. The summed E-state index contributed by atoms with van der Waals surface area (Å²) in [4.78, 5) is 56.7. The van der Waals surface area contributed by atoms with Crippen LogP contribution in [0.4, 0.5) is 10.5 Å². The Morgan fingerprint density at radius 3 is 2.15 bits per heavy atom. The number of hydrogen-bond donors (Lipinski definition) is 1. The summed E-state index contributed by atoms with van der Waals surface area (Å²) in [5.74, 6) is -0.992. The minimum atomic E-state index is -1.09. The molecule has 0 aliphatic carbocycles. The van der Waals surface area contributed by atoms with Gasteiger partial charge in [0.15, 0.2) is 0 Å². The number of nitrogens with zero attached hydrogens (tertiary/aromatic N) is 3. The Morgan fingerprint density at radius 2 is 1.56 bits per heavy atom. The summed E-state index contributed by atoms with van der Waals surface area (Å²) < 4.78 is 5.51. The Hall–Kier alpha value is -3.72. The average Bonchev–Trinajstić information content (AvgIpc) is 3.26. The number of ether oxygens (including phenoxy) is 1. The number of para-hydroxylation sites is 1. The predicted octanol–water partition coefficient (Wildman–Crippen LogP) is 3.74. The van der Waals surface area contributed by atoms with Crippen molar-refractivity contribution in [2.24, 2.45) is 0 Å². The number of fused-ring (bicyclic) bond motifs is 2. The molecular weight excluding hydrogens is 498 g/mol. The molecule has 1 saturated heterocycles. The molecule has 0 spiro atoms. The van der Waals surface area contributed by atoms with Gasteiger partial charge < -0.3 is 19.6 Å². The van der Waals surface area contributed by atoms with Gasteiger partial charge in [0.2, 0.25) is 5.91 Å². The molecule has 0 aromatic heterocycles. The number of rotatable bonds is 5. The maximum absolute atomic E-state index is 14.0. The van der Waals surface area contributed by atoms with Gasteiger partial charge in [0.05, 0.1) is 29.2 Å². The molecule has 1 N–H and O–H groups in total. The fourth-order valence-electron chi connectivity index (χ4n) is 5.99. The number of anilines is 1. The number of β-amino-alcohol motifs (C(OH)–C–C–N with tert-alkyl or cyclic N) is 1. The summed E-state index contributed by atoms with van der Waals surface area (Å²) >= 11 is 0. The molecule has 9 nitrogen and oxygen atoms in total. The highest BCUT2D eigenvalue weighted by atomic mass is 16.6. The molecule has 1 fully saturated rings. The lowest BCUT2D eigenvalue weighted by Gasteiger charge is -2.38. The van der Waals surface area contributed by atoms with Gasteiger partial charge >= 0.3 is 6.09 Å². The molecular formula is C30H35N3O6. The number of carbonyl (C=O) groups is 4. The minimum Gasteiger partial charge on any atom is -0.444 e. The second-order valence-electron chi connectivity index (χ2n) is 11.8. The monoisotopic (exact) mass is 533 g/mol. The van der Waals surface area contributed by atoms with Gasteiger partial charge in [-0.15, -0.1) is 0 Å². The van der Waals surface area contributed by atoms with Crippen LogP contribution in [0.15, 0.2) is 48.5 Å². The quantitative estimate of drug-likeness (QED) is 0.587. The normalized spacial score (nSPS) is 22.3. The van der Waals surface area contributed by atoms with Crippen LogP contribution in [0.25, 0.3) is 0 Å². The van der Waals surface area contributed by atoms with Crippen LogP contribution in [0.1, 0.15) is 73.2 Å². The second-order valence-corrected chi connectivity index (χ2v) is 11.8. The lowest BCUT2D eigenvalue weighted by molar-refractivity contribution is -0.124. The summed E-state index contributed by atoms with van der Waals surface area (Å²) in [7, 11) is 0. The van der Waals surface area contributed by atoms with E-state index in [4.69, 9.17) is 4.74 Å². The van der Waals surface area contributed by atoms with Crippen molar-refractivity contribution >= 4 is 29.5 Å². The van der Waals surface area contributed by atoms with E-state index < -0.39 is 28.9 Å². The molecule has 2 aromatic rings. The number of hydrogen-bond acceptors (Lipinski definition) is 6. The number of likely N-dealkylation sites (tertiary alicyclic amines) is 1. The summed E-state index contributed by atoms with van der Waals surface area (Å²) in [6.07, 6.45) is -0.179. The summed E-state index contributed by atoms with van der Waals surface area (Å²) in [6.45, 7) is 8.08. The van der Waals surface area contributed by atoms with Crippen molar-refractivity contribution in [2.75, 3.05) is 24.5 Å². The SMILES string of the molecule is CC(C)(C)OC(=O)N1CCC(N2C(=O)C(C)(CC(O)CN3C(=O)c4ccccc4C3=O)c3ccccc32)CC1. The minimum absolute atomic E-state index is 0.0590. The largest absolute Gasteiger partial charge is 0.444 e. The first kappa shape index (κ1) is 26.9. The van der Waals surface area contributed by atoms with Crippen molar-refractivity contribution in [2.45, 2.75) is 70.1 Å². The van der Waals surface area contributed by atoms with Gasteiger partial charge in [-0.25, -0.2) is 4.79 Å². The van der Waals surface area contributed by atoms with E-state index in [2.05, 4.69) is 0 Å². The van der Waals surface area contributed by atoms with Gasteiger partial charge in [-0.2, -0.15) is 0 Å². The van der Waals surface area contributed by atoms with Crippen molar-refractivity contribution < 1.29 is 29.0 Å². The zero-order valence-corrected chi connectivity index (χ0v) is 22.8. The van der Waals surface area contributed by atoms with Crippen LogP contribution < -0.4 is 4.90 Å². The lowest BCUT2D eigenvalue weighted by atomic mass is 9.78. The van der Waals surface area contributed by atoms with E-state index in [0.29, 0.717) is 37.1 Å². The highest BCUT2D eigenvalue weighted by Crippen LogP contribution is 2.46. The zero-order chi connectivity index (χ0) is 28.1. The van der Waals surface area contributed by atoms with E-state index in [1.54, 1.807) is 29.2 Å². The van der Waals surface area contributed by atoms with Gasteiger partial charge in [0, 0.05) is 24.8 Å². The number of piperidine rings is 1. The van der Waals surface area contributed by atoms with E-state index in [1.165, 1.54) is 0 Å². The molecule has 2 unspecified atom stereocenters. The summed E-state index contributed by atoms with van der Waals surface area (Å²) in [6, 6.07) is 14.1. The standard InChI is InChI=1S/C30H35N3O6/c1-29(2,3)39-28(38)31-15-13-19(14-16-31)33-24-12-8-7-11-23(24)30(4,27(33)37)17-20(34)18-32-25(35)21-9-5-6-10-22(21)26(32)36/h5-12,19-20,34H,13-18H2,1-4H3.